The number of piperazine rings is 1. The molecule has 0 aromatic heterocycles. The Balaban J connectivity index is 1.38. The van der Waals surface area contributed by atoms with Crippen molar-refractivity contribution in [2.75, 3.05) is 39.3 Å². The first-order valence-corrected chi connectivity index (χ1v) is 11.4. The average molecular weight is 379 g/mol. The molecule has 1 heterocycles. The van der Waals surface area contributed by atoms with Gasteiger partial charge in [-0.1, -0.05) is 87.7 Å². The molecule has 0 aliphatic carbocycles. The number of hydrogen-bond acceptors (Lipinski definition) is 2. The van der Waals surface area contributed by atoms with Gasteiger partial charge in [-0.25, -0.2) is 0 Å². The second-order valence-corrected chi connectivity index (χ2v) is 8.42. The Kier molecular flexibility index (Phi) is 8.57. The van der Waals surface area contributed by atoms with Crippen LogP contribution in [0.15, 0.2) is 54.6 Å². The fourth-order valence-electron chi connectivity index (χ4n) is 4.18. The van der Waals surface area contributed by atoms with Gasteiger partial charge in [-0.3, -0.25) is 0 Å². The highest BCUT2D eigenvalue weighted by atomic mass is 15.3. The Morgan fingerprint density at radius 1 is 0.714 bits per heavy atom. The normalized spacial score (nSPS) is 16.9. The van der Waals surface area contributed by atoms with Crippen LogP contribution in [0.3, 0.4) is 0 Å². The van der Waals surface area contributed by atoms with Gasteiger partial charge in [-0.15, -0.1) is 0 Å². The largest absolute Gasteiger partial charge is 0.301 e. The minimum absolute atomic E-state index is 0.622. The second-order valence-electron chi connectivity index (χ2n) is 8.42. The number of benzene rings is 2. The highest BCUT2D eigenvalue weighted by molar-refractivity contribution is 5.63. The van der Waals surface area contributed by atoms with E-state index in [9.17, 15) is 0 Å². The smallest absolute Gasteiger partial charge is 0.0110 e. The molecule has 152 valence electrons. The van der Waals surface area contributed by atoms with Crippen molar-refractivity contribution in [1.29, 1.82) is 0 Å². The van der Waals surface area contributed by atoms with Gasteiger partial charge in [0.25, 0.3) is 0 Å². The molecule has 28 heavy (non-hydrogen) atoms. The SMILES string of the molecule is CCCCCCN1CCN(CCC(C)c2ccc(-c3ccccc3)cc2)CC1. The Morgan fingerprint density at radius 2 is 1.32 bits per heavy atom. The maximum Gasteiger partial charge on any atom is 0.0110 e. The van der Waals surface area contributed by atoms with Crippen LogP contribution in [0.1, 0.15) is 57.4 Å². The number of unbranched alkanes of at least 4 members (excludes halogenated alkanes) is 3. The molecule has 1 aliphatic heterocycles. The van der Waals surface area contributed by atoms with E-state index in [2.05, 4.69) is 78.2 Å². The lowest BCUT2D eigenvalue weighted by molar-refractivity contribution is 0.128. The summed E-state index contributed by atoms with van der Waals surface area (Å²) in [5.41, 5.74) is 4.08. The zero-order valence-electron chi connectivity index (χ0n) is 17.9. The number of rotatable bonds is 10. The first kappa shape index (κ1) is 21.1. The first-order chi connectivity index (χ1) is 13.8. The van der Waals surface area contributed by atoms with E-state index >= 15 is 0 Å². The molecule has 2 nitrogen and oxygen atoms in total. The van der Waals surface area contributed by atoms with Crippen molar-refractivity contribution >= 4 is 0 Å². The van der Waals surface area contributed by atoms with Crippen molar-refractivity contribution in [3.8, 4) is 11.1 Å². The molecule has 2 aromatic carbocycles. The van der Waals surface area contributed by atoms with Crippen LogP contribution in [-0.4, -0.2) is 49.1 Å². The maximum absolute atomic E-state index is 2.66. The van der Waals surface area contributed by atoms with Gasteiger partial charge in [0.2, 0.25) is 0 Å². The predicted octanol–water partition coefficient (Wildman–Crippen LogP) is 6.05. The van der Waals surface area contributed by atoms with Crippen LogP contribution in [0.25, 0.3) is 11.1 Å². The third kappa shape index (κ3) is 6.46. The van der Waals surface area contributed by atoms with Crippen molar-refractivity contribution in [2.45, 2.75) is 51.9 Å². The summed E-state index contributed by atoms with van der Waals surface area (Å²) in [7, 11) is 0. The Labute approximate surface area is 172 Å². The zero-order valence-corrected chi connectivity index (χ0v) is 17.9. The van der Waals surface area contributed by atoms with E-state index in [4.69, 9.17) is 0 Å². The third-order valence-corrected chi connectivity index (χ3v) is 6.26. The molecule has 1 unspecified atom stereocenters. The van der Waals surface area contributed by atoms with Crippen LogP contribution >= 0.6 is 0 Å². The van der Waals surface area contributed by atoms with Gasteiger partial charge >= 0.3 is 0 Å². The molecule has 1 saturated heterocycles. The van der Waals surface area contributed by atoms with E-state index in [1.807, 2.05) is 0 Å². The molecule has 0 N–H and O–H groups in total. The van der Waals surface area contributed by atoms with Crippen molar-refractivity contribution in [3.63, 3.8) is 0 Å². The summed E-state index contributed by atoms with van der Waals surface area (Å²) in [5.74, 6) is 0.622. The van der Waals surface area contributed by atoms with Gasteiger partial charge in [0, 0.05) is 26.2 Å². The summed E-state index contributed by atoms with van der Waals surface area (Å²) in [4.78, 5) is 5.33. The van der Waals surface area contributed by atoms with Gasteiger partial charge in [0.15, 0.2) is 0 Å². The molecule has 0 radical (unpaired) electrons. The molecule has 0 amide bonds. The van der Waals surface area contributed by atoms with Crippen molar-refractivity contribution in [3.05, 3.63) is 60.2 Å². The minimum Gasteiger partial charge on any atom is -0.301 e. The number of hydrogen-bond donors (Lipinski definition) is 0. The molecular weight excluding hydrogens is 340 g/mol. The van der Waals surface area contributed by atoms with Gasteiger partial charge < -0.3 is 9.80 Å². The molecule has 0 bridgehead atoms. The molecule has 2 heteroatoms. The van der Waals surface area contributed by atoms with Crippen LogP contribution in [0.4, 0.5) is 0 Å². The summed E-state index contributed by atoms with van der Waals surface area (Å²) in [6.07, 6.45) is 6.76. The van der Waals surface area contributed by atoms with Crippen molar-refractivity contribution in [1.82, 2.24) is 9.80 Å². The molecule has 2 aromatic rings. The van der Waals surface area contributed by atoms with E-state index < -0.39 is 0 Å². The van der Waals surface area contributed by atoms with Crippen molar-refractivity contribution < 1.29 is 0 Å². The highest BCUT2D eigenvalue weighted by Gasteiger charge is 2.17. The van der Waals surface area contributed by atoms with Gasteiger partial charge in [0.1, 0.15) is 0 Å². The van der Waals surface area contributed by atoms with E-state index in [0.29, 0.717) is 5.92 Å². The summed E-state index contributed by atoms with van der Waals surface area (Å²) >= 11 is 0. The van der Waals surface area contributed by atoms with Crippen LogP contribution < -0.4 is 0 Å². The lowest BCUT2D eigenvalue weighted by Gasteiger charge is -2.35. The zero-order chi connectivity index (χ0) is 19.6. The summed E-state index contributed by atoms with van der Waals surface area (Å²) in [6.45, 7) is 12.2. The quantitative estimate of drug-likeness (QED) is 0.465. The van der Waals surface area contributed by atoms with Gasteiger partial charge in [0.05, 0.1) is 0 Å². The fraction of sp³-hybridized carbons (Fsp3) is 0.538. The lowest BCUT2D eigenvalue weighted by atomic mass is 9.95. The summed E-state index contributed by atoms with van der Waals surface area (Å²) in [5, 5.41) is 0. The number of nitrogens with zero attached hydrogens (tertiary/aromatic N) is 2. The summed E-state index contributed by atoms with van der Waals surface area (Å²) < 4.78 is 0. The molecular formula is C26H38N2. The Bertz CT molecular complexity index is 657. The summed E-state index contributed by atoms with van der Waals surface area (Å²) in [6, 6.07) is 19.9. The predicted molar refractivity (Wildman–Crippen MR) is 122 cm³/mol. The van der Waals surface area contributed by atoms with Crippen LogP contribution in [0, 0.1) is 0 Å². The topological polar surface area (TPSA) is 6.48 Å². The molecule has 3 rings (SSSR count). The molecule has 0 spiro atoms. The second kappa shape index (κ2) is 11.4. The minimum atomic E-state index is 0.622. The molecule has 1 aliphatic rings. The maximum atomic E-state index is 2.66. The average Bonchev–Trinajstić information content (AvgIpc) is 2.76. The van der Waals surface area contributed by atoms with Crippen LogP contribution in [-0.2, 0) is 0 Å². The Morgan fingerprint density at radius 3 is 1.96 bits per heavy atom. The third-order valence-electron chi connectivity index (χ3n) is 6.26. The van der Waals surface area contributed by atoms with Gasteiger partial charge in [-0.2, -0.15) is 0 Å². The first-order valence-electron chi connectivity index (χ1n) is 11.4. The van der Waals surface area contributed by atoms with E-state index in [1.54, 1.807) is 0 Å². The van der Waals surface area contributed by atoms with Crippen LogP contribution in [0.2, 0.25) is 0 Å². The fourth-order valence-corrected chi connectivity index (χ4v) is 4.18. The Hall–Kier alpha value is -1.64. The van der Waals surface area contributed by atoms with Crippen LogP contribution in [0.5, 0.6) is 0 Å². The lowest BCUT2D eigenvalue weighted by Crippen LogP contribution is -2.46. The van der Waals surface area contributed by atoms with Crippen molar-refractivity contribution in [2.24, 2.45) is 0 Å². The van der Waals surface area contributed by atoms with E-state index in [0.717, 1.165) is 0 Å². The molecule has 0 saturated carbocycles. The van der Waals surface area contributed by atoms with Gasteiger partial charge in [-0.05, 0) is 48.5 Å². The standard InChI is InChI=1S/C26H38N2/c1-3-4-5-9-17-27-19-21-28(22-20-27)18-16-23(2)24-12-14-26(15-13-24)25-10-7-6-8-11-25/h6-8,10-15,23H,3-5,9,16-22H2,1-2H3. The monoisotopic (exact) mass is 378 g/mol. The molecule has 1 atom stereocenters. The highest BCUT2D eigenvalue weighted by Crippen LogP contribution is 2.24. The van der Waals surface area contributed by atoms with E-state index in [1.165, 1.54) is 88.1 Å². The van der Waals surface area contributed by atoms with E-state index in [-0.39, 0.29) is 0 Å². The molecule has 1 fully saturated rings.